The second kappa shape index (κ2) is 8.81. The molecule has 2 atom stereocenters. The lowest BCUT2D eigenvalue weighted by Gasteiger charge is -2.20. The molecule has 1 aliphatic heterocycles. The minimum atomic E-state index is -1.30. The first-order valence-corrected chi connectivity index (χ1v) is 9.61. The lowest BCUT2D eigenvalue weighted by molar-refractivity contribution is -0.386. The zero-order valence-electron chi connectivity index (χ0n) is 15.9. The Labute approximate surface area is 182 Å². The fraction of sp³-hybridized carbons (Fsp3) is 0.278. The van der Waals surface area contributed by atoms with E-state index < -0.39 is 46.1 Å². The molecule has 0 unspecified atom stereocenters. The van der Waals surface area contributed by atoms with Gasteiger partial charge in [-0.1, -0.05) is 0 Å². The number of nitrogens with zero attached hydrogens (tertiary/aromatic N) is 3. The molecule has 31 heavy (non-hydrogen) atoms. The topological polar surface area (TPSA) is 144 Å². The molecule has 0 saturated carbocycles. The molecule has 1 saturated heterocycles. The number of pyridine rings is 1. The maximum absolute atomic E-state index is 14.6. The molecule has 0 radical (unpaired) electrons. The lowest BCUT2D eigenvalue weighted by atomic mass is 10.1. The molecule has 1 aromatic carbocycles. The Morgan fingerprint density at radius 3 is 2.68 bits per heavy atom. The van der Waals surface area contributed by atoms with Crippen LogP contribution in [0.5, 0.6) is 0 Å². The molecule has 1 aromatic heterocycles. The molecule has 1 fully saturated rings. The highest BCUT2D eigenvalue weighted by molar-refractivity contribution is 9.10. The first kappa shape index (κ1) is 22.4. The van der Waals surface area contributed by atoms with Crippen molar-refractivity contribution in [3.63, 3.8) is 0 Å². The lowest BCUT2D eigenvalue weighted by Crippen LogP contribution is -2.42. The van der Waals surface area contributed by atoms with Gasteiger partial charge < -0.3 is 15.2 Å². The highest BCUT2D eigenvalue weighted by Gasteiger charge is 2.40. The summed E-state index contributed by atoms with van der Waals surface area (Å²) in [5.74, 6) is -1.65. The third-order valence-electron chi connectivity index (χ3n) is 4.79. The largest absolute Gasteiger partial charge is 0.465 e. The third-order valence-corrected chi connectivity index (χ3v) is 5.23. The first-order valence-electron chi connectivity index (χ1n) is 8.82. The smallest absolute Gasteiger partial charge is 0.408 e. The fourth-order valence-electron chi connectivity index (χ4n) is 3.26. The van der Waals surface area contributed by atoms with Crippen LogP contribution in [0.3, 0.4) is 0 Å². The van der Waals surface area contributed by atoms with Gasteiger partial charge in [0.2, 0.25) is 5.91 Å². The van der Waals surface area contributed by atoms with Crippen LogP contribution in [0, 0.1) is 15.9 Å². The average molecular weight is 499 g/mol. The summed E-state index contributed by atoms with van der Waals surface area (Å²) in [6.45, 7) is 0.00984. The van der Waals surface area contributed by atoms with E-state index in [9.17, 15) is 34.0 Å². The molecule has 3 rings (SSSR count). The van der Waals surface area contributed by atoms with Gasteiger partial charge in [0.25, 0.3) is 0 Å². The second-order valence-corrected chi connectivity index (χ2v) is 7.59. The van der Waals surface area contributed by atoms with Gasteiger partial charge in [-0.15, -0.1) is 0 Å². The number of benzene rings is 1. The van der Waals surface area contributed by atoms with Gasteiger partial charge in [-0.3, -0.25) is 29.2 Å². The SMILES string of the molecule is CO[C@@H]1C[C@H](C(=O)Nc2ccc(-n3cc(Br)cc([N+](=O)[O-])c3=O)cc2F)N(C(=O)O)C1. The minimum absolute atomic E-state index is 0.00243. The molecule has 2 amide bonds. The Hall–Kier alpha value is -3.32. The Morgan fingerprint density at radius 2 is 2.10 bits per heavy atom. The highest BCUT2D eigenvalue weighted by atomic mass is 79.9. The van der Waals surface area contributed by atoms with Crippen molar-refractivity contribution in [3.05, 3.63) is 61.2 Å². The van der Waals surface area contributed by atoms with Gasteiger partial charge in [0.15, 0.2) is 0 Å². The molecule has 0 spiro atoms. The summed E-state index contributed by atoms with van der Waals surface area (Å²) in [6, 6.07) is 3.37. The first-order chi connectivity index (χ1) is 14.6. The highest BCUT2D eigenvalue weighted by Crippen LogP contribution is 2.24. The number of amides is 2. The summed E-state index contributed by atoms with van der Waals surface area (Å²) in [6.07, 6.45) is -0.397. The van der Waals surface area contributed by atoms with Crippen molar-refractivity contribution in [1.29, 1.82) is 0 Å². The molecule has 0 aliphatic carbocycles. The van der Waals surface area contributed by atoms with Gasteiger partial charge in [-0.2, -0.15) is 0 Å². The van der Waals surface area contributed by atoms with Gasteiger partial charge in [0.1, 0.15) is 11.9 Å². The van der Waals surface area contributed by atoms with Crippen LogP contribution in [0.15, 0.2) is 39.7 Å². The quantitative estimate of drug-likeness (QED) is 0.475. The third kappa shape index (κ3) is 4.56. The molecule has 1 aliphatic rings. The van der Waals surface area contributed by atoms with E-state index in [1.54, 1.807) is 0 Å². The van der Waals surface area contributed by atoms with Crippen molar-refractivity contribution >= 4 is 39.3 Å². The number of halogens is 2. The van der Waals surface area contributed by atoms with Crippen LogP contribution in [0.25, 0.3) is 5.69 Å². The number of anilines is 1. The van der Waals surface area contributed by atoms with E-state index in [0.29, 0.717) is 0 Å². The average Bonchev–Trinajstić information content (AvgIpc) is 3.16. The summed E-state index contributed by atoms with van der Waals surface area (Å²) in [5, 5.41) is 22.6. The normalized spacial score (nSPS) is 18.1. The molecular weight excluding hydrogens is 483 g/mol. The van der Waals surface area contributed by atoms with Gasteiger partial charge in [-0.25, -0.2) is 9.18 Å². The number of carboxylic acid groups (broad SMARTS) is 1. The number of likely N-dealkylation sites (tertiary alicyclic amines) is 1. The summed E-state index contributed by atoms with van der Waals surface area (Å²) in [5.41, 5.74) is -1.90. The Morgan fingerprint density at radius 1 is 1.39 bits per heavy atom. The number of hydrogen-bond acceptors (Lipinski definition) is 6. The van der Waals surface area contributed by atoms with Crippen LogP contribution in [-0.2, 0) is 9.53 Å². The maximum atomic E-state index is 14.6. The Balaban J connectivity index is 1.87. The van der Waals surface area contributed by atoms with Gasteiger partial charge in [0, 0.05) is 36.3 Å². The predicted molar refractivity (Wildman–Crippen MR) is 109 cm³/mol. The molecule has 164 valence electrons. The van der Waals surface area contributed by atoms with Gasteiger partial charge in [-0.05, 0) is 28.1 Å². The van der Waals surface area contributed by atoms with E-state index in [2.05, 4.69) is 21.2 Å². The van der Waals surface area contributed by atoms with Crippen molar-refractivity contribution < 1.29 is 28.7 Å². The molecule has 2 N–H and O–H groups in total. The Kier molecular flexibility index (Phi) is 6.36. The number of rotatable bonds is 5. The fourth-order valence-corrected chi connectivity index (χ4v) is 3.68. The number of methoxy groups -OCH3 is 1. The van der Waals surface area contributed by atoms with E-state index in [1.165, 1.54) is 25.4 Å². The van der Waals surface area contributed by atoms with Crippen LogP contribution in [0.2, 0.25) is 0 Å². The van der Waals surface area contributed by atoms with Crippen LogP contribution in [-0.4, -0.2) is 57.3 Å². The number of nitrogens with one attached hydrogen (secondary N) is 1. The molecule has 0 bridgehead atoms. The van der Waals surface area contributed by atoms with E-state index in [1.807, 2.05) is 0 Å². The number of nitro groups is 1. The van der Waals surface area contributed by atoms with Crippen molar-refractivity contribution in [2.75, 3.05) is 19.0 Å². The predicted octanol–water partition coefficient (Wildman–Crippen LogP) is 2.35. The minimum Gasteiger partial charge on any atom is -0.465 e. The number of aromatic nitrogens is 1. The molecule has 13 heteroatoms. The maximum Gasteiger partial charge on any atom is 0.408 e. The van der Waals surface area contributed by atoms with E-state index in [0.717, 1.165) is 21.6 Å². The standard InChI is InChI=1S/C18H16BrFN4O7/c1-31-11-6-14(23(8-11)18(27)28)16(25)21-13-3-2-10(5-12(13)20)22-7-9(19)4-15(17(22)26)24(29)30/h2-5,7,11,14H,6,8H2,1H3,(H,21,25)(H,27,28)/t11-,14-/m1/s1. The summed E-state index contributed by atoms with van der Waals surface area (Å²) < 4.78 is 20.9. The summed E-state index contributed by atoms with van der Waals surface area (Å²) >= 11 is 3.07. The zero-order chi connectivity index (χ0) is 22.9. The molecule has 11 nitrogen and oxygen atoms in total. The van der Waals surface area contributed by atoms with Crippen LogP contribution < -0.4 is 10.9 Å². The van der Waals surface area contributed by atoms with Crippen LogP contribution in [0.1, 0.15) is 6.42 Å². The van der Waals surface area contributed by atoms with Crippen molar-refractivity contribution in [2.45, 2.75) is 18.6 Å². The number of ether oxygens (including phenoxy) is 1. The van der Waals surface area contributed by atoms with Crippen molar-refractivity contribution in [2.24, 2.45) is 0 Å². The van der Waals surface area contributed by atoms with Gasteiger partial charge in [0.05, 0.1) is 28.9 Å². The second-order valence-electron chi connectivity index (χ2n) is 6.67. The number of carbonyl (C=O) groups excluding carboxylic acids is 1. The van der Waals surface area contributed by atoms with E-state index in [4.69, 9.17) is 4.74 Å². The zero-order valence-corrected chi connectivity index (χ0v) is 17.5. The molecule has 2 aromatic rings. The van der Waals surface area contributed by atoms with E-state index in [-0.39, 0.29) is 28.8 Å². The Bertz CT molecular complexity index is 1120. The molecular formula is C18H16BrFN4O7. The summed E-state index contributed by atoms with van der Waals surface area (Å²) in [4.78, 5) is 47.3. The van der Waals surface area contributed by atoms with E-state index >= 15 is 0 Å². The summed E-state index contributed by atoms with van der Waals surface area (Å²) in [7, 11) is 1.40. The van der Waals surface area contributed by atoms with Crippen molar-refractivity contribution in [3.8, 4) is 5.69 Å². The van der Waals surface area contributed by atoms with Crippen molar-refractivity contribution in [1.82, 2.24) is 9.47 Å². The van der Waals surface area contributed by atoms with Gasteiger partial charge >= 0.3 is 17.3 Å². The molecule has 2 heterocycles. The van der Waals surface area contributed by atoms with Crippen LogP contribution in [0.4, 0.5) is 20.6 Å². The monoisotopic (exact) mass is 498 g/mol. The number of hydrogen-bond donors (Lipinski definition) is 2. The number of carbonyl (C=O) groups is 2. The van der Waals surface area contributed by atoms with Crippen LogP contribution >= 0.6 is 15.9 Å².